The van der Waals surface area contributed by atoms with Crippen LogP contribution in [0.15, 0.2) is 54.6 Å². The molecule has 1 unspecified atom stereocenters. The fourth-order valence-electron chi connectivity index (χ4n) is 3.69. The summed E-state index contributed by atoms with van der Waals surface area (Å²) in [5.74, 6) is 0.479. The van der Waals surface area contributed by atoms with E-state index in [9.17, 15) is 4.79 Å². The van der Waals surface area contributed by atoms with E-state index < -0.39 is 6.10 Å². The van der Waals surface area contributed by atoms with Crippen molar-refractivity contribution in [1.29, 1.82) is 5.26 Å². The Kier molecular flexibility index (Phi) is 8.89. The largest absolute Gasteiger partial charge is 0.481 e. The van der Waals surface area contributed by atoms with Gasteiger partial charge in [0.25, 0.3) is 5.91 Å². The van der Waals surface area contributed by atoms with Gasteiger partial charge in [0.15, 0.2) is 6.10 Å². The normalized spacial score (nSPS) is 15.7. The average Bonchev–Trinajstić information content (AvgIpc) is 2.81. The van der Waals surface area contributed by atoms with Crippen molar-refractivity contribution in [2.75, 3.05) is 39.3 Å². The molecule has 2 aromatic rings. The molecule has 1 atom stereocenters. The minimum Gasteiger partial charge on any atom is -0.481 e. The minimum atomic E-state index is -0.564. The van der Waals surface area contributed by atoms with Crippen LogP contribution in [-0.2, 0) is 11.3 Å². The number of nitrogens with one attached hydrogen (secondary N) is 1. The van der Waals surface area contributed by atoms with Gasteiger partial charge in [0.05, 0.1) is 11.6 Å². The number of carbonyl (C=O) groups excluding carboxylic acids is 1. The van der Waals surface area contributed by atoms with E-state index in [4.69, 9.17) is 10.00 Å². The maximum Gasteiger partial charge on any atom is 0.260 e. The Morgan fingerprint density at radius 1 is 1.03 bits per heavy atom. The van der Waals surface area contributed by atoms with E-state index in [2.05, 4.69) is 51.5 Å². The van der Waals surface area contributed by atoms with E-state index in [-0.39, 0.29) is 5.91 Å². The Balaban J connectivity index is 1.25. The number of hydrogen-bond donors (Lipinski definition) is 1. The summed E-state index contributed by atoms with van der Waals surface area (Å²) in [6.07, 6.45) is 1.47. The lowest BCUT2D eigenvalue weighted by atomic mass is 10.2. The molecular formula is C25H32N4O2. The molecule has 0 radical (unpaired) electrons. The van der Waals surface area contributed by atoms with Crippen molar-refractivity contribution < 1.29 is 9.53 Å². The zero-order chi connectivity index (χ0) is 21.9. The first-order chi connectivity index (χ1) is 15.1. The zero-order valence-electron chi connectivity index (χ0n) is 18.3. The van der Waals surface area contributed by atoms with Gasteiger partial charge in [-0.3, -0.25) is 9.69 Å². The number of amides is 1. The maximum absolute atomic E-state index is 12.2. The first-order valence-corrected chi connectivity index (χ1v) is 11.1. The second-order valence-corrected chi connectivity index (χ2v) is 8.00. The number of unbranched alkanes of at least 4 members (excludes halogenated alkanes) is 1. The molecule has 164 valence electrons. The minimum absolute atomic E-state index is 0.112. The molecule has 0 aliphatic carbocycles. The van der Waals surface area contributed by atoms with Crippen LogP contribution in [0.4, 0.5) is 0 Å². The Bertz CT molecular complexity index is 840. The standard InChI is InChI=1S/C25H32N4O2/c1-21(31-24-11-9-22(19-26)10-12-24)25(30)27-13-5-6-14-28-15-17-29(18-16-28)20-23-7-3-2-4-8-23/h2-4,7-12,21H,5-6,13-18,20H2,1H3,(H,27,30). The third-order valence-electron chi connectivity index (χ3n) is 5.58. The van der Waals surface area contributed by atoms with Gasteiger partial charge in [0.1, 0.15) is 5.75 Å². The third-order valence-corrected chi connectivity index (χ3v) is 5.58. The van der Waals surface area contributed by atoms with Gasteiger partial charge < -0.3 is 15.0 Å². The lowest BCUT2D eigenvalue weighted by molar-refractivity contribution is -0.127. The lowest BCUT2D eigenvalue weighted by Crippen LogP contribution is -2.46. The van der Waals surface area contributed by atoms with Crippen LogP contribution in [-0.4, -0.2) is 61.1 Å². The predicted molar refractivity (Wildman–Crippen MR) is 122 cm³/mol. The van der Waals surface area contributed by atoms with Gasteiger partial charge in [-0.25, -0.2) is 0 Å². The smallest absolute Gasteiger partial charge is 0.260 e. The van der Waals surface area contributed by atoms with Crippen molar-refractivity contribution in [3.05, 3.63) is 65.7 Å². The second kappa shape index (κ2) is 12.1. The van der Waals surface area contributed by atoms with E-state index in [1.165, 1.54) is 5.56 Å². The van der Waals surface area contributed by atoms with Crippen LogP contribution in [0.1, 0.15) is 30.9 Å². The summed E-state index contributed by atoms with van der Waals surface area (Å²) in [4.78, 5) is 17.2. The number of nitriles is 1. The number of piperazine rings is 1. The summed E-state index contributed by atoms with van der Waals surface area (Å²) >= 11 is 0. The van der Waals surface area contributed by atoms with Crippen molar-refractivity contribution in [2.24, 2.45) is 0 Å². The average molecular weight is 421 g/mol. The molecule has 0 spiro atoms. The Morgan fingerprint density at radius 3 is 2.39 bits per heavy atom. The number of ether oxygens (including phenoxy) is 1. The fraction of sp³-hybridized carbons (Fsp3) is 0.440. The molecule has 0 aromatic heterocycles. The van der Waals surface area contributed by atoms with Gasteiger partial charge in [-0.1, -0.05) is 30.3 Å². The molecule has 31 heavy (non-hydrogen) atoms. The van der Waals surface area contributed by atoms with E-state index in [0.29, 0.717) is 17.9 Å². The third kappa shape index (κ3) is 7.71. The molecule has 1 aliphatic rings. The van der Waals surface area contributed by atoms with Gasteiger partial charge in [-0.15, -0.1) is 0 Å². The molecule has 1 amide bonds. The van der Waals surface area contributed by atoms with Crippen LogP contribution < -0.4 is 10.1 Å². The lowest BCUT2D eigenvalue weighted by Gasteiger charge is -2.34. The van der Waals surface area contributed by atoms with Gasteiger partial charge in [0.2, 0.25) is 0 Å². The van der Waals surface area contributed by atoms with Gasteiger partial charge in [-0.05, 0) is 56.1 Å². The highest BCUT2D eigenvalue weighted by atomic mass is 16.5. The molecule has 6 nitrogen and oxygen atoms in total. The van der Waals surface area contributed by atoms with Crippen LogP contribution in [0.25, 0.3) is 0 Å². The van der Waals surface area contributed by atoms with Crippen molar-refractivity contribution in [3.63, 3.8) is 0 Å². The highest BCUT2D eigenvalue weighted by Crippen LogP contribution is 2.13. The number of carbonyl (C=O) groups is 1. The zero-order valence-corrected chi connectivity index (χ0v) is 18.3. The van der Waals surface area contributed by atoms with E-state index >= 15 is 0 Å². The molecular weight excluding hydrogens is 388 g/mol. The molecule has 2 aromatic carbocycles. The van der Waals surface area contributed by atoms with Crippen LogP contribution in [0.3, 0.4) is 0 Å². The molecule has 6 heteroatoms. The summed E-state index contributed by atoms with van der Waals surface area (Å²) in [5.41, 5.74) is 1.95. The number of hydrogen-bond acceptors (Lipinski definition) is 5. The van der Waals surface area contributed by atoms with Gasteiger partial charge in [0, 0.05) is 39.3 Å². The van der Waals surface area contributed by atoms with Crippen LogP contribution in [0.2, 0.25) is 0 Å². The van der Waals surface area contributed by atoms with Crippen LogP contribution in [0.5, 0.6) is 5.75 Å². The topological polar surface area (TPSA) is 68.6 Å². The highest BCUT2D eigenvalue weighted by molar-refractivity contribution is 5.80. The first-order valence-electron chi connectivity index (χ1n) is 11.1. The molecule has 1 N–H and O–H groups in total. The summed E-state index contributed by atoms with van der Waals surface area (Å²) in [7, 11) is 0. The molecule has 1 fully saturated rings. The highest BCUT2D eigenvalue weighted by Gasteiger charge is 2.17. The quantitative estimate of drug-likeness (QED) is 0.599. The summed E-state index contributed by atoms with van der Waals surface area (Å²) < 4.78 is 5.65. The fourth-order valence-corrected chi connectivity index (χ4v) is 3.69. The Morgan fingerprint density at radius 2 is 1.71 bits per heavy atom. The van der Waals surface area contributed by atoms with E-state index in [1.54, 1.807) is 31.2 Å². The molecule has 1 saturated heterocycles. The van der Waals surface area contributed by atoms with Crippen LogP contribution >= 0.6 is 0 Å². The second-order valence-electron chi connectivity index (χ2n) is 8.00. The Hall–Kier alpha value is -2.88. The summed E-state index contributed by atoms with van der Waals surface area (Å²) in [5, 5.41) is 11.8. The van der Waals surface area contributed by atoms with Crippen molar-refractivity contribution in [2.45, 2.75) is 32.4 Å². The van der Waals surface area contributed by atoms with Crippen molar-refractivity contribution >= 4 is 5.91 Å². The molecule has 1 heterocycles. The van der Waals surface area contributed by atoms with Gasteiger partial charge in [-0.2, -0.15) is 5.26 Å². The maximum atomic E-state index is 12.2. The van der Waals surface area contributed by atoms with Gasteiger partial charge >= 0.3 is 0 Å². The summed E-state index contributed by atoms with van der Waals surface area (Å²) in [6, 6.07) is 19.5. The van der Waals surface area contributed by atoms with Crippen molar-refractivity contribution in [1.82, 2.24) is 15.1 Å². The van der Waals surface area contributed by atoms with Crippen molar-refractivity contribution in [3.8, 4) is 11.8 Å². The SMILES string of the molecule is CC(Oc1ccc(C#N)cc1)C(=O)NCCCCN1CCN(Cc2ccccc2)CC1. The Labute approximate surface area is 185 Å². The van der Waals surface area contributed by atoms with Crippen LogP contribution in [0, 0.1) is 11.3 Å². The van der Waals surface area contributed by atoms with E-state index in [1.807, 2.05) is 0 Å². The molecule has 1 aliphatic heterocycles. The number of benzene rings is 2. The predicted octanol–water partition coefficient (Wildman–Crippen LogP) is 3.04. The molecule has 0 bridgehead atoms. The monoisotopic (exact) mass is 420 g/mol. The first kappa shape index (κ1) is 22.8. The molecule has 3 rings (SSSR count). The number of nitrogens with zero attached hydrogens (tertiary/aromatic N) is 3. The molecule has 0 saturated carbocycles. The van der Waals surface area contributed by atoms with E-state index in [0.717, 1.165) is 52.1 Å². The number of rotatable bonds is 10. The summed E-state index contributed by atoms with van der Waals surface area (Å²) in [6.45, 7) is 8.93.